The van der Waals surface area contributed by atoms with Gasteiger partial charge in [0.15, 0.2) is 12.4 Å². The van der Waals surface area contributed by atoms with Gasteiger partial charge in [-0.2, -0.15) is 4.79 Å². The second kappa shape index (κ2) is 5.01. The maximum atomic E-state index is 11.4. The Kier molecular flexibility index (Phi) is 4.20. The molecule has 0 unspecified atom stereocenters. The van der Waals surface area contributed by atoms with Crippen LogP contribution in [0.3, 0.4) is 0 Å². The molecule has 1 heterocycles. The summed E-state index contributed by atoms with van der Waals surface area (Å²) in [5.74, 6) is 0. The van der Waals surface area contributed by atoms with Gasteiger partial charge in [0.1, 0.15) is 6.61 Å². The molecule has 0 saturated carbocycles. The van der Waals surface area contributed by atoms with Crippen molar-refractivity contribution in [3.63, 3.8) is 0 Å². The maximum Gasteiger partial charge on any atom is 0.602 e. The highest BCUT2D eigenvalue weighted by Crippen LogP contribution is 2.25. The molecule has 1 rings (SSSR count). The van der Waals surface area contributed by atoms with Gasteiger partial charge in [0.05, 0.1) is 0 Å². The quantitative estimate of drug-likeness (QED) is 0.579. The molecule has 0 N–H and O–H groups in total. The summed E-state index contributed by atoms with van der Waals surface area (Å²) in [7, 11) is 0. The number of carbonyl (C=O) groups excluding carboxylic acids is 1. The lowest BCUT2D eigenvalue weighted by atomic mass is 10.3. The third-order valence-electron chi connectivity index (χ3n) is 1.52. The van der Waals surface area contributed by atoms with E-state index in [1.165, 1.54) is 4.57 Å². The van der Waals surface area contributed by atoms with Crippen LogP contribution < -0.4 is 4.57 Å². The molecule has 15 heavy (non-hydrogen) atoms. The average Bonchev–Trinajstić information content (AvgIpc) is 2.13. The molecule has 0 aliphatic rings. The Bertz CT molecular complexity index is 363. The summed E-state index contributed by atoms with van der Waals surface area (Å²) >= 11 is 16.3. The molecule has 0 aliphatic carbocycles. The first kappa shape index (κ1) is 12.6. The van der Waals surface area contributed by atoms with E-state index in [0.29, 0.717) is 0 Å². The zero-order valence-corrected chi connectivity index (χ0v) is 10.2. The first-order valence-electron chi connectivity index (χ1n) is 4.10. The average molecular weight is 270 g/mol. The van der Waals surface area contributed by atoms with Crippen molar-refractivity contribution >= 4 is 40.9 Å². The van der Waals surface area contributed by atoms with Crippen LogP contribution in [0.25, 0.3) is 0 Å². The molecule has 3 nitrogen and oxygen atoms in total. The van der Waals surface area contributed by atoms with Crippen molar-refractivity contribution < 1.29 is 14.1 Å². The number of ether oxygens (including phenoxy) is 1. The number of carbonyl (C=O) groups is 1. The molecule has 0 aromatic carbocycles. The predicted molar refractivity (Wildman–Crippen MR) is 58.4 cm³/mol. The fourth-order valence-corrected chi connectivity index (χ4v) is 1.09. The molecular formula is C9H9Cl3NO2+. The molecule has 1 aromatic rings. The van der Waals surface area contributed by atoms with Crippen LogP contribution in [-0.2, 0) is 4.74 Å². The van der Waals surface area contributed by atoms with Crippen LogP contribution in [0.4, 0.5) is 4.79 Å². The topological polar surface area (TPSA) is 30.2 Å². The zero-order chi connectivity index (χ0) is 11.5. The minimum absolute atomic E-state index is 0.280. The monoisotopic (exact) mass is 268 g/mol. The van der Waals surface area contributed by atoms with Gasteiger partial charge >= 0.3 is 6.09 Å². The molecule has 0 amide bonds. The van der Waals surface area contributed by atoms with E-state index in [0.717, 1.165) is 5.56 Å². The van der Waals surface area contributed by atoms with Crippen LogP contribution >= 0.6 is 34.8 Å². The second-order valence-corrected chi connectivity index (χ2v) is 5.47. The molecular weight excluding hydrogens is 260 g/mol. The number of hydrogen-bond acceptors (Lipinski definition) is 2. The maximum absolute atomic E-state index is 11.4. The minimum atomic E-state index is -1.58. The fraction of sp³-hybridized carbons (Fsp3) is 0.333. The van der Waals surface area contributed by atoms with Crippen molar-refractivity contribution in [1.82, 2.24) is 0 Å². The lowest BCUT2D eigenvalue weighted by molar-refractivity contribution is -0.586. The first-order chi connectivity index (χ1) is 6.88. The number of hydrogen-bond donors (Lipinski definition) is 0. The van der Waals surface area contributed by atoms with E-state index in [-0.39, 0.29) is 6.61 Å². The van der Waals surface area contributed by atoms with Crippen molar-refractivity contribution in [2.45, 2.75) is 10.7 Å². The molecule has 1 aromatic heterocycles. The number of rotatable bonds is 1. The number of pyridine rings is 1. The van der Waals surface area contributed by atoms with Crippen LogP contribution in [0.5, 0.6) is 0 Å². The van der Waals surface area contributed by atoms with E-state index in [4.69, 9.17) is 39.5 Å². The normalized spacial score (nSPS) is 11.2. The molecule has 0 aliphatic heterocycles. The summed E-state index contributed by atoms with van der Waals surface area (Å²) in [5.41, 5.74) is 0.934. The van der Waals surface area contributed by atoms with Gasteiger partial charge in [-0.05, 0) is 13.0 Å². The molecule has 0 fully saturated rings. The largest absolute Gasteiger partial charge is 0.602 e. The van der Waals surface area contributed by atoms with Crippen molar-refractivity contribution in [3.8, 4) is 0 Å². The SMILES string of the molecule is Cc1ccc[n+](C(=O)OCC(Cl)(Cl)Cl)c1. The van der Waals surface area contributed by atoms with Gasteiger partial charge in [0.25, 0.3) is 0 Å². The predicted octanol–water partition coefficient (Wildman–Crippen LogP) is 2.64. The minimum Gasteiger partial charge on any atom is -0.407 e. The molecule has 0 saturated heterocycles. The number of aryl methyl sites for hydroxylation is 1. The zero-order valence-electron chi connectivity index (χ0n) is 7.91. The van der Waals surface area contributed by atoms with Gasteiger partial charge in [-0.1, -0.05) is 39.4 Å². The van der Waals surface area contributed by atoms with Crippen LogP contribution in [0.15, 0.2) is 24.5 Å². The molecule has 0 spiro atoms. The van der Waals surface area contributed by atoms with Gasteiger partial charge in [-0.25, -0.2) is 0 Å². The Morgan fingerprint density at radius 1 is 1.53 bits per heavy atom. The van der Waals surface area contributed by atoms with Crippen molar-refractivity contribution in [2.24, 2.45) is 0 Å². The smallest absolute Gasteiger partial charge is 0.407 e. The van der Waals surface area contributed by atoms with Crippen molar-refractivity contribution in [1.29, 1.82) is 0 Å². The van der Waals surface area contributed by atoms with Crippen molar-refractivity contribution in [3.05, 3.63) is 30.1 Å². The van der Waals surface area contributed by atoms with Gasteiger partial charge in [-0.3, -0.25) is 0 Å². The van der Waals surface area contributed by atoms with E-state index in [1.807, 2.05) is 13.0 Å². The fourth-order valence-electron chi connectivity index (χ4n) is 0.925. The van der Waals surface area contributed by atoms with Gasteiger partial charge in [0.2, 0.25) is 3.79 Å². The van der Waals surface area contributed by atoms with Gasteiger partial charge in [0, 0.05) is 11.6 Å². The van der Waals surface area contributed by atoms with Crippen LogP contribution in [0.1, 0.15) is 5.56 Å². The van der Waals surface area contributed by atoms with E-state index in [1.54, 1.807) is 18.5 Å². The number of halogens is 3. The van der Waals surface area contributed by atoms with Crippen LogP contribution in [-0.4, -0.2) is 16.5 Å². The highest BCUT2D eigenvalue weighted by molar-refractivity contribution is 6.67. The number of aromatic nitrogens is 1. The van der Waals surface area contributed by atoms with Crippen LogP contribution in [0, 0.1) is 6.92 Å². The second-order valence-electron chi connectivity index (χ2n) is 2.96. The third kappa shape index (κ3) is 4.69. The summed E-state index contributed by atoms with van der Waals surface area (Å²) in [6.07, 6.45) is 2.61. The third-order valence-corrected chi connectivity index (χ3v) is 1.85. The summed E-state index contributed by atoms with van der Waals surface area (Å²) < 4.78 is 4.48. The molecule has 6 heteroatoms. The van der Waals surface area contributed by atoms with Gasteiger partial charge < -0.3 is 4.74 Å². The van der Waals surface area contributed by atoms with Crippen molar-refractivity contribution in [2.75, 3.05) is 6.61 Å². The Morgan fingerprint density at radius 2 is 2.20 bits per heavy atom. The highest BCUT2D eigenvalue weighted by atomic mass is 35.6. The summed E-state index contributed by atoms with van der Waals surface area (Å²) in [6.45, 7) is 1.58. The van der Waals surface area contributed by atoms with E-state index in [2.05, 4.69) is 0 Å². The molecule has 0 atom stereocenters. The number of nitrogens with zero attached hydrogens (tertiary/aromatic N) is 1. The van der Waals surface area contributed by atoms with E-state index >= 15 is 0 Å². The first-order valence-corrected chi connectivity index (χ1v) is 5.24. The Morgan fingerprint density at radius 3 is 2.73 bits per heavy atom. The lowest BCUT2D eigenvalue weighted by Crippen LogP contribution is -2.43. The summed E-state index contributed by atoms with van der Waals surface area (Å²) in [4.78, 5) is 11.4. The molecule has 0 bridgehead atoms. The Balaban J connectivity index is 2.62. The number of alkyl halides is 3. The highest BCUT2D eigenvalue weighted by Gasteiger charge is 2.25. The standard InChI is InChI=1S/C9H9Cl3NO2/c1-7-3-2-4-13(5-7)8(14)15-6-9(10,11)12/h2-5H,6H2,1H3/q+1. The lowest BCUT2D eigenvalue weighted by Gasteiger charge is -2.08. The molecule has 0 radical (unpaired) electrons. The molecule has 82 valence electrons. The Hall–Kier alpha value is -0.510. The van der Waals surface area contributed by atoms with Crippen LogP contribution in [0.2, 0.25) is 0 Å². The van der Waals surface area contributed by atoms with Gasteiger partial charge in [-0.15, -0.1) is 0 Å². The summed E-state index contributed by atoms with van der Waals surface area (Å²) in [5, 5.41) is 0. The van der Waals surface area contributed by atoms with E-state index in [9.17, 15) is 4.79 Å². The Labute approximate surface area is 103 Å². The summed E-state index contributed by atoms with van der Waals surface area (Å²) in [6, 6.07) is 3.59. The van der Waals surface area contributed by atoms with E-state index < -0.39 is 9.89 Å².